The SMILES string of the molecule is CC(=O)O[C@@H](O)c1ccco1. The van der Waals surface area contributed by atoms with Gasteiger partial charge in [-0.15, -0.1) is 0 Å². The molecular weight excluding hydrogens is 148 g/mol. The first-order valence-electron chi connectivity index (χ1n) is 3.09. The molecule has 0 amide bonds. The van der Waals surface area contributed by atoms with Gasteiger partial charge < -0.3 is 14.3 Å². The summed E-state index contributed by atoms with van der Waals surface area (Å²) in [6, 6.07) is 3.12. The van der Waals surface area contributed by atoms with Gasteiger partial charge in [0.05, 0.1) is 6.26 Å². The second-order valence-electron chi connectivity index (χ2n) is 1.98. The molecule has 1 heterocycles. The maximum Gasteiger partial charge on any atom is 0.305 e. The summed E-state index contributed by atoms with van der Waals surface area (Å²) in [5.74, 6) is -0.325. The van der Waals surface area contributed by atoms with Crippen molar-refractivity contribution in [1.82, 2.24) is 0 Å². The highest BCUT2D eigenvalue weighted by Gasteiger charge is 2.12. The number of furan rings is 1. The standard InChI is InChI=1S/C7H8O4/c1-5(8)11-7(9)6-3-2-4-10-6/h2-4,7,9H,1H3/t7-/m1/s1. The quantitative estimate of drug-likeness (QED) is 0.509. The van der Waals surface area contributed by atoms with Crippen LogP contribution in [0.25, 0.3) is 0 Å². The summed E-state index contributed by atoms with van der Waals surface area (Å²) in [6.07, 6.45) is 0.102. The summed E-state index contributed by atoms with van der Waals surface area (Å²) >= 11 is 0. The van der Waals surface area contributed by atoms with Crippen LogP contribution in [0.15, 0.2) is 22.8 Å². The van der Waals surface area contributed by atoms with Crippen molar-refractivity contribution in [3.8, 4) is 0 Å². The number of aliphatic hydroxyl groups is 1. The van der Waals surface area contributed by atoms with Crippen molar-refractivity contribution >= 4 is 5.97 Å². The normalized spacial score (nSPS) is 12.5. The predicted molar refractivity (Wildman–Crippen MR) is 35.4 cm³/mol. The molecule has 1 N–H and O–H groups in total. The van der Waals surface area contributed by atoms with Gasteiger partial charge in [0, 0.05) is 6.92 Å². The Morgan fingerprint density at radius 3 is 3.00 bits per heavy atom. The van der Waals surface area contributed by atoms with Crippen molar-refractivity contribution in [1.29, 1.82) is 0 Å². The van der Waals surface area contributed by atoms with Crippen molar-refractivity contribution < 1.29 is 19.1 Å². The van der Waals surface area contributed by atoms with Crippen molar-refractivity contribution in [3.63, 3.8) is 0 Å². The average molecular weight is 156 g/mol. The molecule has 0 saturated heterocycles. The van der Waals surface area contributed by atoms with E-state index in [1.165, 1.54) is 19.3 Å². The van der Waals surface area contributed by atoms with Gasteiger partial charge in [-0.25, -0.2) is 0 Å². The molecule has 11 heavy (non-hydrogen) atoms. The molecule has 60 valence electrons. The Morgan fingerprint density at radius 1 is 1.82 bits per heavy atom. The first kappa shape index (κ1) is 7.81. The zero-order valence-corrected chi connectivity index (χ0v) is 5.98. The fourth-order valence-corrected chi connectivity index (χ4v) is 0.647. The van der Waals surface area contributed by atoms with Gasteiger partial charge in [0.25, 0.3) is 6.29 Å². The van der Waals surface area contributed by atoms with Crippen LogP contribution in [0.5, 0.6) is 0 Å². The van der Waals surface area contributed by atoms with Crippen LogP contribution >= 0.6 is 0 Å². The number of aliphatic hydroxyl groups excluding tert-OH is 1. The minimum atomic E-state index is -1.29. The molecule has 0 fully saturated rings. The van der Waals surface area contributed by atoms with Gasteiger partial charge in [-0.3, -0.25) is 4.79 Å². The van der Waals surface area contributed by atoms with Gasteiger partial charge in [-0.2, -0.15) is 0 Å². The van der Waals surface area contributed by atoms with E-state index in [9.17, 15) is 4.79 Å². The smallest absolute Gasteiger partial charge is 0.305 e. The molecule has 4 heteroatoms. The van der Waals surface area contributed by atoms with E-state index in [1.54, 1.807) is 6.07 Å². The van der Waals surface area contributed by atoms with Crippen LogP contribution in [-0.4, -0.2) is 11.1 Å². The van der Waals surface area contributed by atoms with E-state index in [2.05, 4.69) is 4.74 Å². The minimum absolute atomic E-state index is 0.222. The van der Waals surface area contributed by atoms with Crippen LogP contribution in [0.1, 0.15) is 19.0 Å². The van der Waals surface area contributed by atoms with Gasteiger partial charge in [0.15, 0.2) is 5.76 Å². The molecule has 0 unspecified atom stereocenters. The Balaban J connectivity index is 2.56. The molecule has 1 aromatic rings. The van der Waals surface area contributed by atoms with E-state index < -0.39 is 12.3 Å². The number of rotatable bonds is 2. The lowest BCUT2D eigenvalue weighted by atomic mass is 10.4. The lowest BCUT2D eigenvalue weighted by Crippen LogP contribution is -2.06. The molecule has 4 nitrogen and oxygen atoms in total. The van der Waals surface area contributed by atoms with Crippen molar-refractivity contribution in [2.24, 2.45) is 0 Å². The number of ether oxygens (including phenoxy) is 1. The topological polar surface area (TPSA) is 59.7 Å². The number of hydrogen-bond donors (Lipinski definition) is 1. The zero-order chi connectivity index (χ0) is 8.27. The Morgan fingerprint density at radius 2 is 2.55 bits per heavy atom. The first-order valence-corrected chi connectivity index (χ1v) is 3.09. The fourth-order valence-electron chi connectivity index (χ4n) is 0.647. The van der Waals surface area contributed by atoms with Gasteiger partial charge in [0.1, 0.15) is 0 Å². The molecule has 1 atom stereocenters. The molecule has 0 radical (unpaired) electrons. The molecule has 0 saturated carbocycles. The van der Waals surface area contributed by atoms with Crippen LogP contribution in [0.2, 0.25) is 0 Å². The lowest BCUT2D eigenvalue weighted by Gasteiger charge is -2.05. The van der Waals surface area contributed by atoms with E-state index >= 15 is 0 Å². The minimum Gasteiger partial charge on any atom is -0.463 e. The third-order valence-electron chi connectivity index (χ3n) is 1.06. The van der Waals surface area contributed by atoms with Gasteiger partial charge in [0.2, 0.25) is 0 Å². The van der Waals surface area contributed by atoms with Gasteiger partial charge in [-0.1, -0.05) is 0 Å². The highest BCUT2D eigenvalue weighted by atomic mass is 16.6. The second-order valence-corrected chi connectivity index (χ2v) is 1.98. The molecule has 0 spiro atoms. The van der Waals surface area contributed by atoms with E-state index in [1.807, 2.05) is 0 Å². The molecule has 0 aliphatic carbocycles. The van der Waals surface area contributed by atoms with E-state index in [0.29, 0.717) is 0 Å². The monoisotopic (exact) mass is 156 g/mol. The summed E-state index contributed by atoms with van der Waals surface area (Å²) in [5, 5.41) is 9.04. The Labute approximate surface area is 63.4 Å². The van der Waals surface area contributed by atoms with Crippen LogP contribution in [0.4, 0.5) is 0 Å². The van der Waals surface area contributed by atoms with Crippen LogP contribution in [0, 0.1) is 0 Å². The summed E-state index contributed by atoms with van der Waals surface area (Å²) in [6.45, 7) is 1.21. The van der Waals surface area contributed by atoms with Gasteiger partial charge in [-0.05, 0) is 12.1 Å². The summed E-state index contributed by atoms with van der Waals surface area (Å²) in [7, 11) is 0. The van der Waals surface area contributed by atoms with E-state index in [0.717, 1.165) is 0 Å². The van der Waals surface area contributed by atoms with Crippen molar-refractivity contribution in [2.45, 2.75) is 13.2 Å². The molecule has 0 aliphatic rings. The highest BCUT2D eigenvalue weighted by Crippen LogP contribution is 2.13. The maximum atomic E-state index is 10.3. The Hall–Kier alpha value is -1.29. The van der Waals surface area contributed by atoms with Gasteiger partial charge >= 0.3 is 5.97 Å². The number of esters is 1. The molecule has 1 aromatic heterocycles. The van der Waals surface area contributed by atoms with Crippen LogP contribution < -0.4 is 0 Å². The number of carbonyl (C=O) groups excluding carboxylic acids is 1. The Bertz CT molecular complexity index is 227. The van der Waals surface area contributed by atoms with E-state index in [4.69, 9.17) is 9.52 Å². The average Bonchev–Trinajstić information content (AvgIpc) is 2.35. The Kier molecular flexibility index (Phi) is 2.28. The summed E-state index contributed by atoms with van der Waals surface area (Å²) in [4.78, 5) is 10.3. The zero-order valence-electron chi connectivity index (χ0n) is 5.98. The van der Waals surface area contributed by atoms with Crippen molar-refractivity contribution in [3.05, 3.63) is 24.2 Å². The second kappa shape index (κ2) is 3.21. The molecule has 0 aromatic carbocycles. The predicted octanol–water partition coefficient (Wildman–Crippen LogP) is 0.834. The maximum absolute atomic E-state index is 10.3. The third kappa shape index (κ3) is 2.09. The largest absolute Gasteiger partial charge is 0.463 e. The van der Waals surface area contributed by atoms with E-state index in [-0.39, 0.29) is 5.76 Å². The molecule has 1 rings (SSSR count). The summed E-state index contributed by atoms with van der Waals surface area (Å²) < 4.78 is 9.19. The third-order valence-corrected chi connectivity index (χ3v) is 1.06. The highest BCUT2D eigenvalue weighted by molar-refractivity contribution is 5.66. The number of hydrogen-bond acceptors (Lipinski definition) is 4. The van der Waals surface area contributed by atoms with Crippen LogP contribution in [-0.2, 0) is 9.53 Å². The summed E-state index contributed by atoms with van der Waals surface area (Å²) in [5.41, 5.74) is 0. The first-order chi connectivity index (χ1) is 5.20. The molecule has 0 bridgehead atoms. The molecular formula is C7H8O4. The van der Waals surface area contributed by atoms with Crippen molar-refractivity contribution in [2.75, 3.05) is 0 Å². The van der Waals surface area contributed by atoms with Crippen LogP contribution in [0.3, 0.4) is 0 Å². The fraction of sp³-hybridized carbons (Fsp3) is 0.286. The molecule has 0 aliphatic heterocycles. The lowest BCUT2D eigenvalue weighted by molar-refractivity contribution is -0.169. The number of carbonyl (C=O) groups is 1.